The van der Waals surface area contributed by atoms with Gasteiger partial charge in [0.05, 0.1) is 4.90 Å². The summed E-state index contributed by atoms with van der Waals surface area (Å²) in [6.07, 6.45) is 4.57. The van der Waals surface area contributed by atoms with Crippen LogP contribution in [0, 0.1) is 6.92 Å². The standard InChI is InChI=1S/C22H22N4O2S/c1-15-8-19-13-26(14-20(19)12-23-15)29(27,28)21-5-3-4-16(10-21)18-9-17-6-7-25(2)22(17)24-11-18/h3-5,8-12H,6-7,13-14H2,1-2H3. The summed E-state index contributed by atoms with van der Waals surface area (Å²) in [7, 11) is -1.55. The molecule has 0 atom stereocenters. The van der Waals surface area contributed by atoms with Crippen LogP contribution in [0.3, 0.4) is 0 Å². The summed E-state index contributed by atoms with van der Waals surface area (Å²) in [4.78, 5) is 11.3. The lowest BCUT2D eigenvalue weighted by atomic mass is 10.1. The van der Waals surface area contributed by atoms with Crippen LogP contribution in [0.1, 0.15) is 22.4 Å². The van der Waals surface area contributed by atoms with Crippen molar-refractivity contribution in [3.05, 3.63) is 71.2 Å². The van der Waals surface area contributed by atoms with E-state index in [2.05, 4.69) is 20.9 Å². The highest BCUT2D eigenvalue weighted by atomic mass is 32.2. The van der Waals surface area contributed by atoms with Gasteiger partial charge in [-0.2, -0.15) is 4.31 Å². The number of aryl methyl sites for hydroxylation is 1. The molecule has 0 saturated heterocycles. The molecule has 4 heterocycles. The second kappa shape index (κ2) is 6.64. The first-order valence-electron chi connectivity index (χ1n) is 9.67. The maximum Gasteiger partial charge on any atom is 0.243 e. The van der Waals surface area contributed by atoms with E-state index < -0.39 is 10.0 Å². The molecular weight excluding hydrogens is 384 g/mol. The van der Waals surface area contributed by atoms with Gasteiger partial charge in [0.15, 0.2) is 0 Å². The fraction of sp³-hybridized carbons (Fsp3) is 0.273. The number of sulfonamides is 1. The number of benzene rings is 1. The van der Waals surface area contributed by atoms with Crippen molar-refractivity contribution in [2.24, 2.45) is 0 Å². The maximum atomic E-state index is 13.3. The van der Waals surface area contributed by atoms with E-state index in [1.54, 1.807) is 24.4 Å². The molecule has 2 aromatic heterocycles. The molecule has 3 aromatic rings. The predicted octanol–water partition coefficient (Wildman–Crippen LogP) is 3.15. The van der Waals surface area contributed by atoms with E-state index in [4.69, 9.17) is 0 Å². The van der Waals surface area contributed by atoms with Crippen molar-refractivity contribution in [1.82, 2.24) is 14.3 Å². The summed E-state index contributed by atoms with van der Waals surface area (Å²) >= 11 is 0. The molecule has 1 aromatic carbocycles. The summed E-state index contributed by atoms with van der Waals surface area (Å²) in [5, 5.41) is 0. The lowest BCUT2D eigenvalue weighted by Gasteiger charge is -2.16. The van der Waals surface area contributed by atoms with Crippen LogP contribution in [0.4, 0.5) is 5.82 Å². The van der Waals surface area contributed by atoms with Gasteiger partial charge in [-0.15, -0.1) is 0 Å². The number of hydrogen-bond donors (Lipinski definition) is 0. The third-order valence-corrected chi connectivity index (χ3v) is 7.53. The Morgan fingerprint density at radius 1 is 0.931 bits per heavy atom. The number of nitrogens with zero attached hydrogens (tertiary/aromatic N) is 4. The van der Waals surface area contributed by atoms with Gasteiger partial charge < -0.3 is 4.90 Å². The molecular formula is C22H22N4O2S. The number of fused-ring (bicyclic) bond motifs is 2. The van der Waals surface area contributed by atoms with Gasteiger partial charge >= 0.3 is 0 Å². The van der Waals surface area contributed by atoms with Crippen LogP contribution in [-0.4, -0.2) is 36.3 Å². The topological polar surface area (TPSA) is 66.4 Å². The quantitative estimate of drug-likeness (QED) is 0.669. The zero-order valence-electron chi connectivity index (χ0n) is 16.5. The summed E-state index contributed by atoms with van der Waals surface area (Å²) in [5.41, 5.74) is 5.92. The average Bonchev–Trinajstić information content (AvgIpc) is 3.31. The molecule has 0 amide bonds. The zero-order valence-corrected chi connectivity index (χ0v) is 17.3. The summed E-state index contributed by atoms with van der Waals surface area (Å²) in [6.45, 7) is 3.63. The normalized spacial score (nSPS) is 16.1. The molecule has 0 bridgehead atoms. The van der Waals surface area contributed by atoms with E-state index in [-0.39, 0.29) is 0 Å². The van der Waals surface area contributed by atoms with E-state index in [0.717, 1.165) is 46.7 Å². The highest BCUT2D eigenvalue weighted by molar-refractivity contribution is 7.89. The Morgan fingerprint density at radius 2 is 1.76 bits per heavy atom. The van der Waals surface area contributed by atoms with Gasteiger partial charge in [0.25, 0.3) is 0 Å². The van der Waals surface area contributed by atoms with Gasteiger partial charge in [0.2, 0.25) is 10.0 Å². The van der Waals surface area contributed by atoms with Crippen molar-refractivity contribution in [1.29, 1.82) is 0 Å². The third-order valence-electron chi connectivity index (χ3n) is 5.74. The molecule has 2 aliphatic rings. The first-order valence-corrected chi connectivity index (χ1v) is 11.1. The summed E-state index contributed by atoms with van der Waals surface area (Å²) < 4.78 is 28.1. The fourth-order valence-corrected chi connectivity index (χ4v) is 5.55. The Bertz CT molecular complexity index is 1220. The van der Waals surface area contributed by atoms with Crippen molar-refractivity contribution >= 4 is 15.8 Å². The van der Waals surface area contributed by atoms with E-state index in [1.807, 2.05) is 32.3 Å². The van der Waals surface area contributed by atoms with E-state index in [1.165, 1.54) is 9.87 Å². The third kappa shape index (κ3) is 3.10. The lowest BCUT2D eigenvalue weighted by Crippen LogP contribution is -2.25. The maximum absolute atomic E-state index is 13.3. The fourth-order valence-electron chi connectivity index (χ4n) is 4.11. The second-order valence-electron chi connectivity index (χ2n) is 7.77. The average molecular weight is 407 g/mol. The molecule has 0 fully saturated rings. The monoisotopic (exact) mass is 406 g/mol. The number of pyridine rings is 2. The van der Waals surface area contributed by atoms with Gasteiger partial charge in [0.1, 0.15) is 5.82 Å². The van der Waals surface area contributed by atoms with Crippen LogP contribution in [0.15, 0.2) is 53.7 Å². The van der Waals surface area contributed by atoms with Gasteiger partial charge in [-0.1, -0.05) is 12.1 Å². The number of aromatic nitrogens is 2. The van der Waals surface area contributed by atoms with E-state index >= 15 is 0 Å². The van der Waals surface area contributed by atoms with Crippen LogP contribution in [-0.2, 0) is 29.5 Å². The number of likely N-dealkylation sites (N-methyl/N-ethyl adjacent to an activating group) is 1. The molecule has 5 rings (SSSR count). The molecule has 2 aliphatic heterocycles. The molecule has 0 aliphatic carbocycles. The minimum absolute atomic E-state index is 0.310. The summed E-state index contributed by atoms with van der Waals surface area (Å²) in [5.74, 6) is 1.01. The van der Waals surface area contributed by atoms with Crippen LogP contribution in [0.25, 0.3) is 11.1 Å². The molecule has 29 heavy (non-hydrogen) atoms. The van der Waals surface area contributed by atoms with Crippen LogP contribution < -0.4 is 4.90 Å². The molecule has 0 radical (unpaired) electrons. The number of rotatable bonds is 3. The lowest BCUT2D eigenvalue weighted by molar-refractivity contribution is 0.431. The second-order valence-corrected chi connectivity index (χ2v) is 9.71. The minimum Gasteiger partial charge on any atom is -0.359 e. The Hall–Kier alpha value is -2.77. The smallest absolute Gasteiger partial charge is 0.243 e. The van der Waals surface area contributed by atoms with Crippen molar-refractivity contribution in [2.45, 2.75) is 31.3 Å². The SMILES string of the molecule is Cc1cc2c(cn1)CN(S(=O)(=O)c1cccc(-c3cnc4c(c3)CCN4C)c1)C2. The highest BCUT2D eigenvalue weighted by Crippen LogP contribution is 2.32. The largest absolute Gasteiger partial charge is 0.359 e. The predicted molar refractivity (Wildman–Crippen MR) is 112 cm³/mol. The Kier molecular flexibility index (Phi) is 4.18. The van der Waals surface area contributed by atoms with E-state index in [0.29, 0.717) is 18.0 Å². The van der Waals surface area contributed by atoms with Gasteiger partial charge in [0, 0.05) is 50.3 Å². The van der Waals surface area contributed by atoms with Crippen molar-refractivity contribution in [3.8, 4) is 11.1 Å². The van der Waals surface area contributed by atoms with Gasteiger partial charge in [-0.05, 0) is 59.9 Å². The Balaban J connectivity index is 1.47. The van der Waals surface area contributed by atoms with Crippen LogP contribution in [0.5, 0.6) is 0 Å². The molecule has 7 heteroatoms. The van der Waals surface area contributed by atoms with Crippen molar-refractivity contribution < 1.29 is 8.42 Å². The minimum atomic E-state index is -3.59. The summed E-state index contributed by atoms with van der Waals surface area (Å²) in [6, 6.07) is 11.2. The highest BCUT2D eigenvalue weighted by Gasteiger charge is 2.31. The van der Waals surface area contributed by atoms with E-state index in [9.17, 15) is 8.42 Å². The Labute approximate surface area is 170 Å². The van der Waals surface area contributed by atoms with Crippen molar-refractivity contribution in [3.63, 3.8) is 0 Å². The van der Waals surface area contributed by atoms with Crippen molar-refractivity contribution in [2.75, 3.05) is 18.5 Å². The van der Waals surface area contributed by atoms with Crippen LogP contribution >= 0.6 is 0 Å². The Morgan fingerprint density at radius 3 is 2.62 bits per heavy atom. The molecule has 6 nitrogen and oxygen atoms in total. The first-order chi connectivity index (χ1) is 13.9. The van der Waals surface area contributed by atoms with Gasteiger partial charge in [-0.3, -0.25) is 4.98 Å². The molecule has 0 spiro atoms. The zero-order chi connectivity index (χ0) is 20.2. The first kappa shape index (κ1) is 18.3. The van der Waals surface area contributed by atoms with Crippen LogP contribution in [0.2, 0.25) is 0 Å². The molecule has 148 valence electrons. The molecule has 0 unspecified atom stereocenters. The number of anilines is 1. The molecule has 0 N–H and O–H groups in total. The van der Waals surface area contributed by atoms with Gasteiger partial charge in [-0.25, -0.2) is 13.4 Å². The molecule has 0 saturated carbocycles. The number of hydrogen-bond acceptors (Lipinski definition) is 5.